The van der Waals surface area contributed by atoms with Gasteiger partial charge < -0.3 is 5.32 Å². The van der Waals surface area contributed by atoms with Crippen molar-refractivity contribution < 1.29 is 13.2 Å². The number of anilines is 1. The van der Waals surface area contributed by atoms with Crippen LogP contribution in [0.25, 0.3) is 0 Å². The highest BCUT2D eigenvalue weighted by atomic mass is 19.4. The molecule has 1 saturated carbocycles. The van der Waals surface area contributed by atoms with Crippen molar-refractivity contribution >= 4 is 5.69 Å². The van der Waals surface area contributed by atoms with Crippen molar-refractivity contribution in [2.75, 3.05) is 5.32 Å². The quantitative estimate of drug-likeness (QED) is 0.858. The Morgan fingerprint density at radius 1 is 1.29 bits per heavy atom. The normalized spacial score (nSPS) is 24.9. The minimum Gasteiger partial charge on any atom is -0.381 e. The van der Waals surface area contributed by atoms with Crippen LogP contribution in [0.3, 0.4) is 0 Å². The molecule has 1 heterocycles. The van der Waals surface area contributed by atoms with Gasteiger partial charge in [0, 0.05) is 6.04 Å². The molecule has 0 saturated heterocycles. The fraction of sp³-hybridized carbons (Fsp3) is 0.583. The molecule has 17 heavy (non-hydrogen) atoms. The first-order valence-electron chi connectivity index (χ1n) is 5.76. The topological polar surface area (TPSA) is 24.9 Å². The molecule has 0 bridgehead atoms. The largest absolute Gasteiger partial charge is 0.433 e. The van der Waals surface area contributed by atoms with E-state index in [9.17, 15) is 13.2 Å². The molecular formula is C12H15F3N2. The van der Waals surface area contributed by atoms with Crippen molar-refractivity contribution in [3.8, 4) is 0 Å². The predicted octanol–water partition coefficient (Wildman–Crippen LogP) is 3.70. The van der Waals surface area contributed by atoms with Crippen LogP contribution in [0.5, 0.6) is 0 Å². The van der Waals surface area contributed by atoms with E-state index in [4.69, 9.17) is 0 Å². The van der Waals surface area contributed by atoms with Crippen molar-refractivity contribution in [1.82, 2.24) is 4.98 Å². The van der Waals surface area contributed by atoms with Crippen LogP contribution in [0.4, 0.5) is 18.9 Å². The molecule has 0 radical (unpaired) electrons. The Hall–Kier alpha value is -1.26. The number of nitrogens with one attached hydrogen (secondary N) is 1. The summed E-state index contributed by atoms with van der Waals surface area (Å²) >= 11 is 0. The van der Waals surface area contributed by atoms with Crippen molar-refractivity contribution in [3.05, 3.63) is 24.0 Å². The highest BCUT2D eigenvalue weighted by molar-refractivity contribution is 5.42. The zero-order valence-corrected chi connectivity index (χ0v) is 9.59. The first-order valence-corrected chi connectivity index (χ1v) is 5.76. The van der Waals surface area contributed by atoms with Crippen LogP contribution in [0.15, 0.2) is 18.3 Å². The molecule has 2 atom stereocenters. The van der Waals surface area contributed by atoms with E-state index in [1.54, 1.807) is 0 Å². The molecule has 0 aliphatic heterocycles. The third kappa shape index (κ3) is 2.90. The van der Waals surface area contributed by atoms with Gasteiger partial charge in [-0.3, -0.25) is 0 Å². The van der Waals surface area contributed by atoms with Gasteiger partial charge in [-0.1, -0.05) is 13.3 Å². The molecule has 1 aliphatic carbocycles. The highest BCUT2D eigenvalue weighted by Crippen LogP contribution is 2.30. The molecule has 2 unspecified atom stereocenters. The first-order chi connectivity index (χ1) is 7.97. The molecule has 2 rings (SSSR count). The van der Waals surface area contributed by atoms with Gasteiger partial charge in [0.05, 0.1) is 11.9 Å². The molecule has 1 aromatic heterocycles. The lowest BCUT2D eigenvalue weighted by Crippen LogP contribution is -2.22. The molecule has 1 N–H and O–H groups in total. The first kappa shape index (κ1) is 12.2. The number of aromatic nitrogens is 1. The van der Waals surface area contributed by atoms with Gasteiger partial charge in [0.25, 0.3) is 0 Å². The summed E-state index contributed by atoms with van der Waals surface area (Å²) in [6.07, 6.45) is 0.313. The van der Waals surface area contributed by atoms with Gasteiger partial charge in [0.15, 0.2) is 0 Å². The van der Waals surface area contributed by atoms with E-state index in [-0.39, 0.29) is 0 Å². The second-order valence-corrected chi connectivity index (χ2v) is 4.59. The predicted molar refractivity (Wildman–Crippen MR) is 59.7 cm³/mol. The zero-order chi connectivity index (χ0) is 12.5. The smallest absolute Gasteiger partial charge is 0.381 e. The maximum atomic E-state index is 12.3. The fourth-order valence-electron chi connectivity index (χ4n) is 2.22. The van der Waals surface area contributed by atoms with E-state index in [2.05, 4.69) is 17.2 Å². The van der Waals surface area contributed by atoms with E-state index in [1.807, 2.05) is 0 Å². The molecule has 0 spiro atoms. The van der Waals surface area contributed by atoms with Gasteiger partial charge in [-0.2, -0.15) is 13.2 Å². The van der Waals surface area contributed by atoms with E-state index < -0.39 is 11.9 Å². The number of halogens is 3. The summed E-state index contributed by atoms with van der Waals surface area (Å²) in [6, 6.07) is 2.82. The molecule has 1 fully saturated rings. The van der Waals surface area contributed by atoms with Gasteiger partial charge >= 0.3 is 6.18 Å². The lowest BCUT2D eigenvalue weighted by atomic mass is 10.1. The Bertz CT molecular complexity index is 372. The fourth-order valence-corrected chi connectivity index (χ4v) is 2.22. The number of hydrogen-bond acceptors (Lipinski definition) is 2. The zero-order valence-electron chi connectivity index (χ0n) is 9.59. The third-order valence-corrected chi connectivity index (χ3v) is 3.27. The second-order valence-electron chi connectivity index (χ2n) is 4.59. The van der Waals surface area contributed by atoms with Crippen LogP contribution in [0.1, 0.15) is 31.9 Å². The van der Waals surface area contributed by atoms with Crippen molar-refractivity contribution in [3.63, 3.8) is 0 Å². The van der Waals surface area contributed by atoms with Gasteiger partial charge in [-0.05, 0) is 30.9 Å². The summed E-state index contributed by atoms with van der Waals surface area (Å²) in [5.41, 5.74) is -0.181. The van der Waals surface area contributed by atoms with Crippen LogP contribution in [0, 0.1) is 5.92 Å². The number of alkyl halides is 3. The Kier molecular flexibility index (Phi) is 3.26. The molecular weight excluding hydrogens is 229 g/mol. The Balaban J connectivity index is 2.03. The molecule has 0 aromatic carbocycles. The SMILES string of the molecule is CC1CCCC1Nc1ccc(C(F)(F)F)nc1. The lowest BCUT2D eigenvalue weighted by Gasteiger charge is -2.18. The Labute approximate surface area is 98.2 Å². The molecule has 0 amide bonds. The van der Waals surface area contributed by atoms with Crippen LogP contribution < -0.4 is 5.32 Å². The summed E-state index contributed by atoms with van der Waals surface area (Å²) in [4.78, 5) is 3.43. The summed E-state index contributed by atoms with van der Waals surface area (Å²) in [7, 11) is 0. The average molecular weight is 244 g/mol. The molecule has 1 aliphatic rings. The van der Waals surface area contributed by atoms with E-state index in [0.29, 0.717) is 17.6 Å². The van der Waals surface area contributed by atoms with Crippen molar-refractivity contribution in [2.45, 2.75) is 38.4 Å². The van der Waals surface area contributed by atoms with Crippen LogP contribution in [0.2, 0.25) is 0 Å². The number of nitrogens with zero attached hydrogens (tertiary/aromatic N) is 1. The Morgan fingerprint density at radius 3 is 2.53 bits per heavy atom. The molecule has 1 aromatic rings. The molecule has 2 nitrogen and oxygen atoms in total. The standard InChI is InChI=1S/C12H15F3N2/c1-8-3-2-4-10(8)17-9-5-6-11(16-7-9)12(13,14)15/h5-8,10,17H,2-4H2,1H3. The Morgan fingerprint density at radius 2 is 2.06 bits per heavy atom. The van der Waals surface area contributed by atoms with Crippen molar-refractivity contribution in [2.24, 2.45) is 5.92 Å². The second kappa shape index (κ2) is 4.55. The number of rotatable bonds is 2. The van der Waals surface area contributed by atoms with Crippen molar-refractivity contribution in [1.29, 1.82) is 0 Å². The average Bonchev–Trinajstić information content (AvgIpc) is 2.64. The minimum atomic E-state index is -4.36. The van der Waals surface area contributed by atoms with E-state index in [0.717, 1.165) is 12.5 Å². The highest BCUT2D eigenvalue weighted by Gasteiger charge is 2.32. The maximum Gasteiger partial charge on any atom is 0.433 e. The summed E-state index contributed by atoms with van der Waals surface area (Å²) in [5, 5.41) is 3.24. The minimum absolute atomic E-state index is 0.355. The number of pyridine rings is 1. The van der Waals surface area contributed by atoms with Gasteiger partial charge in [0.1, 0.15) is 5.69 Å². The molecule has 94 valence electrons. The lowest BCUT2D eigenvalue weighted by molar-refractivity contribution is -0.141. The summed E-state index contributed by atoms with van der Waals surface area (Å²) in [6.45, 7) is 2.15. The van der Waals surface area contributed by atoms with E-state index in [1.165, 1.54) is 25.1 Å². The van der Waals surface area contributed by atoms with E-state index >= 15 is 0 Å². The monoisotopic (exact) mass is 244 g/mol. The van der Waals surface area contributed by atoms with Gasteiger partial charge in [-0.15, -0.1) is 0 Å². The third-order valence-electron chi connectivity index (χ3n) is 3.27. The number of hydrogen-bond donors (Lipinski definition) is 1. The van der Waals surface area contributed by atoms with Crippen LogP contribution >= 0.6 is 0 Å². The van der Waals surface area contributed by atoms with Crippen LogP contribution in [-0.2, 0) is 6.18 Å². The summed E-state index contributed by atoms with van der Waals surface area (Å²) in [5.74, 6) is 0.567. The van der Waals surface area contributed by atoms with Crippen LogP contribution in [-0.4, -0.2) is 11.0 Å². The molecule has 5 heteroatoms. The van der Waals surface area contributed by atoms with Gasteiger partial charge in [0.2, 0.25) is 0 Å². The van der Waals surface area contributed by atoms with Gasteiger partial charge in [-0.25, -0.2) is 4.98 Å². The summed E-state index contributed by atoms with van der Waals surface area (Å²) < 4.78 is 36.9. The maximum absolute atomic E-state index is 12.3.